The molecule has 110 valence electrons. The average molecular weight is 322 g/mol. The lowest BCUT2D eigenvalue weighted by molar-refractivity contribution is -0.385. The van der Waals surface area contributed by atoms with Gasteiger partial charge in [-0.05, 0) is 18.9 Å². The number of hydrogen-bond acceptors (Lipinski definition) is 6. The second kappa shape index (κ2) is 5.08. The number of aromatic hydroxyl groups is 1. The number of benzene rings is 1. The summed E-state index contributed by atoms with van der Waals surface area (Å²) >= 11 is 5.81. The molecule has 20 heavy (non-hydrogen) atoms. The number of anilines is 1. The Morgan fingerprint density at radius 2 is 1.95 bits per heavy atom. The van der Waals surface area contributed by atoms with Crippen LogP contribution in [-0.4, -0.2) is 31.5 Å². The van der Waals surface area contributed by atoms with E-state index in [1.165, 1.54) is 0 Å². The van der Waals surface area contributed by atoms with Crippen LogP contribution in [0.15, 0.2) is 11.0 Å². The summed E-state index contributed by atoms with van der Waals surface area (Å²) in [5.41, 5.74) is -0.595. The molecule has 0 spiro atoms. The molecule has 0 amide bonds. The number of rotatable bonds is 3. The zero-order valence-corrected chi connectivity index (χ0v) is 11.8. The van der Waals surface area contributed by atoms with Crippen LogP contribution in [-0.2, 0) is 10.0 Å². The smallest absolute Gasteiger partial charge is 0.335 e. The highest BCUT2D eigenvalue weighted by Gasteiger charge is 2.33. The van der Waals surface area contributed by atoms with Gasteiger partial charge >= 0.3 is 5.69 Å². The number of halogens is 1. The van der Waals surface area contributed by atoms with Crippen molar-refractivity contribution in [2.75, 3.05) is 18.0 Å². The van der Waals surface area contributed by atoms with Gasteiger partial charge in [-0.1, -0.05) is 11.6 Å². The summed E-state index contributed by atoms with van der Waals surface area (Å²) in [6.45, 7) is 1.15. The van der Waals surface area contributed by atoms with Gasteiger partial charge in [0.2, 0.25) is 15.8 Å². The number of sulfonamides is 1. The third kappa shape index (κ3) is 2.51. The van der Waals surface area contributed by atoms with Crippen LogP contribution < -0.4 is 10.0 Å². The molecule has 0 bridgehead atoms. The summed E-state index contributed by atoms with van der Waals surface area (Å²) in [6.07, 6.45) is 1.71. The Morgan fingerprint density at radius 1 is 1.40 bits per heavy atom. The number of hydrogen-bond donors (Lipinski definition) is 2. The fraction of sp³-hybridized carbons (Fsp3) is 0.400. The first-order chi connectivity index (χ1) is 9.23. The second-order valence-electron chi connectivity index (χ2n) is 4.40. The van der Waals surface area contributed by atoms with E-state index < -0.39 is 31.3 Å². The van der Waals surface area contributed by atoms with Crippen LogP contribution in [0.5, 0.6) is 5.75 Å². The van der Waals surface area contributed by atoms with E-state index in [1.807, 2.05) is 0 Å². The molecule has 3 N–H and O–H groups in total. The molecule has 2 rings (SSSR count). The molecule has 0 aromatic heterocycles. The Bertz CT molecular complexity index is 670. The van der Waals surface area contributed by atoms with Crippen molar-refractivity contribution in [2.24, 2.45) is 5.14 Å². The molecule has 1 heterocycles. The molecule has 10 heteroatoms. The molecule has 1 aromatic carbocycles. The van der Waals surface area contributed by atoms with Crippen molar-refractivity contribution in [3.05, 3.63) is 21.2 Å². The predicted molar refractivity (Wildman–Crippen MR) is 72.6 cm³/mol. The first-order valence-electron chi connectivity index (χ1n) is 5.71. The van der Waals surface area contributed by atoms with E-state index >= 15 is 0 Å². The van der Waals surface area contributed by atoms with Gasteiger partial charge in [0, 0.05) is 13.1 Å². The number of nitrogens with two attached hydrogens (primary N) is 1. The maximum atomic E-state index is 11.4. The Kier molecular flexibility index (Phi) is 3.76. The van der Waals surface area contributed by atoms with Gasteiger partial charge in [-0.25, -0.2) is 13.6 Å². The third-order valence-electron chi connectivity index (χ3n) is 3.08. The van der Waals surface area contributed by atoms with Gasteiger partial charge in [-0.2, -0.15) is 0 Å². The quantitative estimate of drug-likeness (QED) is 0.636. The first-order valence-corrected chi connectivity index (χ1v) is 7.63. The van der Waals surface area contributed by atoms with Gasteiger partial charge in [0.05, 0.1) is 9.95 Å². The fourth-order valence-electron chi connectivity index (χ4n) is 2.25. The maximum absolute atomic E-state index is 11.4. The molecule has 1 aliphatic heterocycles. The summed E-state index contributed by atoms with van der Waals surface area (Å²) in [5.74, 6) is -1.02. The van der Waals surface area contributed by atoms with Crippen molar-refractivity contribution >= 4 is 33.0 Å². The summed E-state index contributed by atoms with van der Waals surface area (Å²) < 4.78 is 22.8. The first kappa shape index (κ1) is 14.8. The lowest BCUT2D eigenvalue weighted by Gasteiger charge is -2.19. The van der Waals surface area contributed by atoms with Crippen LogP contribution in [0.2, 0.25) is 5.02 Å². The number of primary sulfonamides is 1. The standard InChI is InChI=1S/C10H12ClN3O5S/c11-6-5-7(13-3-1-2-4-13)8(14(16)17)9(15)10(6)20(12,18)19/h5,15H,1-4H2,(H2,12,18,19). The second-order valence-corrected chi connectivity index (χ2v) is 6.31. The van der Waals surface area contributed by atoms with Crippen LogP contribution in [0.25, 0.3) is 0 Å². The van der Waals surface area contributed by atoms with Crippen molar-refractivity contribution in [1.82, 2.24) is 0 Å². The van der Waals surface area contributed by atoms with E-state index in [9.17, 15) is 23.6 Å². The van der Waals surface area contributed by atoms with Gasteiger partial charge in [-0.3, -0.25) is 10.1 Å². The van der Waals surface area contributed by atoms with Gasteiger partial charge in [0.25, 0.3) is 0 Å². The van der Waals surface area contributed by atoms with Crippen LogP contribution in [0.1, 0.15) is 12.8 Å². The largest absolute Gasteiger partial charge is 0.501 e. The van der Waals surface area contributed by atoms with Crippen LogP contribution in [0, 0.1) is 10.1 Å². The fourth-order valence-corrected chi connectivity index (χ4v) is 3.46. The van der Waals surface area contributed by atoms with Crippen molar-refractivity contribution < 1.29 is 18.4 Å². The molecule has 1 fully saturated rings. The van der Waals surface area contributed by atoms with E-state index in [0.29, 0.717) is 13.1 Å². The maximum Gasteiger partial charge on any atom is 0.335 e. The molecule has 0 unspecified atom stereocenters. The molecule has 1 aromatic rings. The van der Waals surface area contributed by atoms with Crippen molar-refractivity contribution in [2.45, 2.75) is 17.7 Å². The van der Waals surface area contributed by atoms with E-state index in [2.05, 4.69) is 0 Å². The minimum absolute atomic E-state index is 0.0994. The van der Waals surface area contributed by atoms with Gasteiger partial charge in [-0.15, -0.1) is 0 Å². The number of nitro groups is 1. The summed E-state index contributed by atoms with van der Waals surface area (Å²) in [6, 6.07) is 1.16. The molecule has 0 saturated carbocycles. The molecule has 0 aliphatic carbocycles. The third-order valence-corrected chi connectivity index (χ3v) is 4.47. The lowest BCUT2D eigenvalue weighted by Crippen LogP contribution is -2.20. The molecule has 0 radical (unpaired) electrons. The minimum atomic E-state index is -4.37. The minimum Gasteiger partial charge on any atom is -0.501 e. The normalized spacial score (nSPS) is 15.6. The predicted octanol–water partition coefficient (Wildman–Crippen LogP) is 1.20. The number of phenolic OH excluding ortho intramolecular Hbond substituents is 1. The molecule has 0 atom stereocenters. The number of nitro benzene ring substituents is 1. The zero-order valence-electron chi connectivity index (χ0n) is 10.2. The number of nitrogens with zero attached hydrogens (tertiary/aromatic N) is 2. The van der Waals surface area contributed by atoms with E-state index in [4.69, 9.17) is 16.7 Å². The Labute approximate surface area is 119 Å². The topological polar surface area (TPSA) is 127 Å². The monoisotopic (exact) mass is 321 g/mol. The van der Waals surface area contributed by atoms with Crippen molar-refractivity contribution in [3.63, 3.8) is 0 Å². The van der Waals surface area contributed by atoms with Crippen LogP contribution in [0.4, 0.5) is 11.4 Å². The lowest BCUT2D eigenvalue weighted by atomic mass is 10.2. The van der Waals surface area contributed by atoms with Crippen LogP contribution in [0.3, 0.4) is 0 Å². The zero-order chi connectivity index (χ0) is 15.1. The highest BCUT2D eigenvalue weighted by Crippen LogP contribution is 2.45. The summed E-state index contributed by atoms with van der Waals surface area (Å²) in [4.78, 5) is 11.1. The molecule has 8 nitrogen and oxygen atoms in total. The molecule has 1 saturated heterocycles. The summed E-state index contributed by atoms with van der Waals surface area (Å²) in [7, 11) is -4.37. The summed E-state index contributed by atoms with van der Waals surface area (Å²) in [5, 5.41) is 25.6. The van der Waals surface area contributed by atoms with E-state index in [0.717, 1.165) is 18.9 Å². The number of phenols is 1. The Hall–Kier alpha value is -1.58. The van der Waals surface area contributed by atoms with Gasteiger partial charge in [0.15, 0.2) is 0 Å². The SMILES string of the molecule is NS(=O)(=O)c1c(Cl)cc(N2CCCC2)c([N+](=O)[O-])c1O. The average Bonchev–Trinajstić information content (AvgIpc) is 2.78. The van der Waals surface area contributed by atoms with Gasteiger partial charge < -0.3 is 10.0 Å². The Morgan fingerprint density at radius 3 is 2.40 bits per heavy atom. The highest BCUT2D eigenvalue weighted by atomic mass is 35.5. The molecule has 1 aliphatic rings. The molecular weight excluding hydrogens is 310 g/mol. The van der Waals surface area contributed by atoms with E-state index in [1.54, 1.807) is 4.90 Å². The Balaban J connectivity index is 2.75. The highest BCUT2D eigenvalue weighted by molar-refractivity contribution is 7.89. The van der Waals surface area contributed by atoms with Crippen molar-refractivity contribution in [1.29, 1.82) is 0 Å². The van der Waals surface area contributed by atoms with Crippen LogP contribution >= 0.6 is 11.6 Å². The van der Waals surface area contributed by atoms with Crippen molar-refractivity contribution in [3.8, 4) is 5.75 Å². The molecular formula is C10H12ClN3O5S. The van der Waals surface area contributed by atoms with E-state index in [-0.39, 0.29) is 10.7 Å². The van der Waals surface area contributed by atoms with Gasteiger partial charge in [0.1, 0.15) is 10.6 Å².